The van der Waals surface area contributed by atoms with Gasteiger partial charge in [0.15, 0.2) is 0 Å². The maximum Gasteiger partial charge on any atom is 0.242 e. The number of nitrogens with one attached hydrogen (secondary N) is 1. The van der Waals surface area contributed by atoms with Gasteiger partial charge in [0.2, 0.25) is 11.8 Å². The molecular formula is C11H17N5O2. The van der Waals surface area contributed by atoms with Crippen LogP contribution in [0.1, 0.15) is 19.8 Å². The number of aryl methyl sites for hydroxylation is 1. The summed E-state index contributed by atoms with van der Waals surface area (Å²) in [5.41, 5.74) is 0. The Kier molecular flexibility index (Phi) is 3.91. The molecule has 7 heteroatoms. The van der Waals surface area contributed by atoms with Crippen LogP contribution in [0.3, 0.4) is 0 Å². The number of carbonyl (C=O) groups excluding carboxylic acids is 2. The van der Waals surface area contributed by atoms with Gasteiger partial charge in [-0.1, -0.05) is 0 Å². The van der Waals surface area contributed by atoms with Gasteiger partial charge < -0.3 is 10.2 Å². The van der Waals surface area contributed by atoms with Crippen molar-refractivity contribution in [2.75, 3.05) is 13.1 Å². The first-order chi connectivity index (χ1) is 8.68. The van der Waals surface area contributed by atoms with E-state index in [0.717, 1.165) is 6.42 Å². The van der Waals surface area contributed by atoms with Gasteiger partial charge in [0.1, 0.15) is 18.7 Å². The number of rotatable bonds is 3. The number of nitrogens with zero attached hydrogens (tertiary/aromatic N) is 4. The van der Waals surface area contributed by atoms with Crippen molar-refractivity contribution in [2.45, 2.75) is 32.4 Å². The summed E-state index contributed by atoms with van der Waals surface area (Å²) in [6.45, 7) is 3.50. The Labute approximate surface area is 105 Å². The zero-order valence-corrected chi connectivity index (χ0v) is 10.4. The van der Waals surface area contributed by atoms with Gasteiger partial charge in [0.05, 0.1) is 6.54 Å². The normalized spacial score (nSPS) is 20.4. The number of aromatic nitrogens is 3. The van der Waals surface area contributed by atoms with Crippen LogP contribution in [0.25, 0.3) is 0 Å². The van der Waals surface area contributed by atoms with Crippen molar-refractivity contribution in [1.82, 2.24) is 25.0 Å². The molecule has 0 bridgehead atoms. The van der Waals surface area contributed by atoms with E-state index in [9.17, 15) is 9.59 Å². The summed E-state index contributed by atoms with van der Waals surface area (Å²) in [4.78, 5) is 29.2. The van der Waals surface area contributed by atoms with Gasteiger partial charge in [-0.25, -0.2) is 4.98 Å². The Morgan fingerprint density at radius 2 is 2.44 bits per heavy atom. The third-order valence-electron chi connectivity index (χ3n) is 3.06. The largest absolute Gasteiger partial charge is 0.354 e. The van der Waals surface area contributed by atoms with Crippen molar-refractivity contribution in [1.29, 1.82) is 0 Å². The van der Waals surface area contributed by atoms with E-state index in [1.807, 2.05) is 0 Å². The SMILES string of the molecule is C[C@H]1C(=O)NCCCN1C(=O)CCn1cncn1. The van der Waals surface area contributed by atoms with Gasteiger partial charge >= 0.3 is 0 Å². The number of amides is 2. The quantitative estimate of drug-likeness (QED) is 0.778. The Bertz CT molecular complexity index is 417. The van der Waals surface area contributed by atoms with Crippen molar-refractivity contribution in [3.63, 3.8) is 0 Å². The minimum Gasteiger partial charge on any atom is -0.354 e. The molecule has 18 heavy (non-hydrogen) atoms. The first kappa shape index (κ1) is 12.5. The molecule has 1 fully saturated rings. The van der Waals surface area contributed by atoms with Crippen LogP contribution >= 0.6 is 0 Å². The van der Waals surface area contributed by atoms with E-state index in [0.29, 0.717) is 26.1 Å². The van der Waals surface area contributed by atoms with Gasteiger partial charge in [0, 0.05) is 19.5 Å². The van der Waals surface area contributed by atoms with Crippen molar-refractivity contribution < 1.29 is 9.59 Å². The molecule has 0 aromatic carbocycles. The molecule has 0 aliphatic carbocycles. The van der Waals surface area contributed by atoms with Crippen molar-refractivity contribution in [3.8, 4) is 0 Å². The Balaban J connectivity index is 1.92. The highest BCUT2D eigenvalue weighted by Crippen LogP contribution is 2.07. The highest BCUT2D eigenvalue weighted by atomic mass is 16.2. The molecular weight excluding hydrogens is 234 g/mol. The maximum atomic E-state index is 12.1. The molecule has 1 aliphatic rings. The fraction of sp³-hybridized carbons (Fsp3) is 0.636. The molecule has 1 aliphatic heterocycles. The number of hydrogen-bond acceptors (Lipinski definition) is 4. The highest BCUT2D eigenvalue weighted by Gasteiger charge is 2.27. The van der Waals surface area contributed by atoms with Crippen LogP contribution in [0.2, 0.25) is 0 Å². The van der Waals surface area contributed by atoms with Crippen molar-refractivity contribution in [2.24, 2.45) is 0 Å². The van der Waals surface area contributed by atoms with Crippen LogP contribution in [0.15, 0.2) is 12.7 Å². The fourth-order valence-corrected chi connectivity index (χ4v) is 1.99. The number of carbonyl (C=O) groups is 2. The molecule has 1 atom stereocenters. The summed E-state index contributed by atoms with van der Waals surface area (Å²) < 4.78 is 1.61. The first-order valence-corrected chi connectivity index (χ1v) is 6.08. The average Bonchev–Trinajstić information content (AvgIpc) is 2.82. The second-order valence-corrected chi connectivity index (χ2v) is 4.32. The Morgan fingerprint density at radius 3 is 3.17 bits per heavy atom. The predicted octanol–water partition coefficient (Wildman–Crippen LogP) is -0.595. The second-order valence-electron chi connectivity index (χ2n) is 4.32. The lowest BCUT2D eigenvalue weighted by molar-refractivity contribution is -0.139. The van der Waals surface area contributed by atoms with Crippen LogP contribution in [0.5, 0.6) is 0 Å². The van der Waals surface area contributed by atoms with Gasteiger partial charge in [-0.3, -0.25) is 14.3 Å². The zero-order chi connectivity index (χ0) is 13.0. The van der Waals surface area contributed by atoms with Crippen LogP contribution in [0.4, 0.5) is 0 Å². The minimum absolute atomic E-state index is 0.0185. The minimum atomic E-state index is -0.393. The van der Waals surface area contributed by atoms with Crippen molar-refractivity contribution >= 4 is 11.8 Å². The molecule has 98 valence electrons. The second kappa shape index (κ2) is 5.61. The van der Waals surface area contributed by atoms with Gasteiger partial charge in [-0.15, -0.1) is 0 Å². The lowest BCUT2D eigenvalue weighted by Crippen LogP contribution is -2.45. The molecule has 2 amide bonds. The van der Waals surface area contributed by atoms with Gasteiger partial charge in [-0.2, -0.15) is 5.10 Å². The Hall–Kier alpha value is -1.92. The predicted molar refractivity (Wildman–Crippen MR) is 63.4 cm³/mol. The smallest absolute Gasteiger partial charge is 0.242 e. The van der Waals surface area contributed by atoms with E-state index in [-0.39, 0.29) is 11.8 Å². The van der Waals surface area contributed by atoms with E-state index >= 15 is 0 Å². The average molecular weight is 251 g/mol. The summed E-state index contributed by atoms with van der Waals surface area (Å²) in [6, 6.07) is -0.393. The monoisotopic (exact) mass is 251 g/mol. The summed E-state index contributed by atoms with van der Waals surface area (Å²) in [6.07, 6.45) is 4.14. The molecule has 1 saturated heterocycles. The molecule has 2 heterocycles. The third-order valence-corrected chi connectivity index (χ3v) is 3.06. The maximum absolute atomic E-state index is 12.1. The summed E-state index contributed by atoms with van der Waals surface area (Å²) in [5, 5.41) is 6.73. The zero-order valence-electron chi connectivity index (χ0n) is 10.4. The highest BCUT2D eigenvalue weighted by molar-refractivity contribution is 5.87. The molecule has 0 spiro atoms. The van der Waals surface area contributed by atoms with Crippen LogP contribution < -0.4 is 5.32 Å². The lowest BCUT2D eigenvalue weighted by Gasteiger charge is -2.25. The summed E-state index contributed by atoms with van der Waals surface area (Å²) >= 11 is 0. The summed E-state index contributed by atoms with van der Waals surface area (Å²) in [5.74, 6) is -0.100. The van der Waals surface area contributed by atoms with Crippen molar-refractivity contribution in [3.05, 3.63) is 12.7 Å². The van der Waals surface area contributed by atoms with Gasteiger partial charge in [-0.05, 0) is 13.3 Å². The molecule has 0 radical (unpaired) electrons. The van der Waals surface area contributed by atoms with Crippen LogP contribution in [-0.4, -0.2) is 50.6 Å². The third kappa shape index (κ3) is 2.85. The molecule has 1 aromatic rings. The van der Waals surface area contributed by atoms with Crippen LogP contribution in [0, 0.1) is 0 Å². The summed E-state index contributed by atoms with van der Waals surface area (Å²) in [7, 11) is 0. The van der Waals surface area contributed by atoms with E-state index in [1.54, 1.807) is 22.8 Å². The number of hydrogen-bond donors (Lipinski definition) is 1. The fourth-order valence-electron chi connectivity index (χ4n) is 1.99. The first-order valence-electron chi connectivity index (χ1n) is 6.08. The Morgan fingerprint density at radius 1 is 1.61 bits per heavy atom. The van der Waals surface area contributed by atoms with E-state index in [4.69, 9.17) is 0 Å². The van der Waals surface area contributed by atoms with E-state index in [2.05, 4.69) is 15.4 Å². The molecule has 2 rings (SSSR count). The van der Waals surface area contributed by atoms with E-state index < -0.39 is 6.04 Å². The van der Waals surface area contributed by atoms with E-state index in [1.165, 1.54) is 6.33 Å². The van der Waals surface area contributed by atoms with Gasteiger partial charge in [0.25, 0.3) is 0 Å². The standard InChI is InChI=1S/C11H17N5O2/c1-9-11(18)13-4-2-5-16(9)10(17)3-6-15-8-12-7-14-15/h7-9H,2-6H2,1H3,(H,13,18)/t9-/m0/s1. The van der Waals surface area contributed by atoms with Crippen LogP contribution in [-0.2, 0) is 16.1 Å². The molecule has 1 aromatic heterocycles. The lowest BCUT2D eigenvalue weighted by atomic mass is 10.2. The molecule has 0 saturated carbocycles. The molecule has 7 nitrogen and oxygen atoms in total. The molecule has 0 unspecified atom stereocenters. The molecule has 1 N–H and O–H groups in total. The topological polar surface area (TPSA) is 80.1 Å².